The van der Waals surface area contributed by atoms with E-state index in [9.17, 15) is 4.79 Å². The van der Waals surface area contributed by atoms with E-state index in [-0.39, 0.29) is 12.2 Å². The number of oxime groups is 1. The number of Topliss-reactive ketones (excluding diaryl/α,β-unsaturated/α-hetero) is 1. The molecule has 1 atom stereocenters. The second kappa shape index (κ2) is 2.05. The molecular formula is C6H9NO3. The Hall–Kier alpha value is -0.900. The molecule has 0 aliphatic carbocycles. The zero-order chi connectivity index (χ0) is 7.78. The Labute approximate surface area is 58.5 Å². The lowest BCUT2D eigenvalue weighted by Crippen LogP contribution is -2.24. The topological polar surface area (TPSA) is 58.9 Å². The second-order valence-electron chi connectivity index (χ2n) is 2.54. The highest BCUT2D eigenvalue weighted by Crippen LogP contribution is 2.19. The van der Waals surface area contributed by atoms with E-state index in [2.05, 4.69) is 9.99 Å². The van der Waals surface area contributed by atoms with Gasteiger partial charge in [-0.25, -0.2) is 0 Å². The Kier molecular flexibility index (Phi) is 1.48. The monoisotopic (exact) mass is 143 g/mol. The van der Waals surface area contributed by atoms with Crippen LogP contribution in [0.15, 0.2) is 5.16 Å². The minimum atomic E-state index is -1.28. The van der Waals surface area contributed by atoms with Gasteiger partial charge in [0.2, 0.25) is 5.79 Å². The summed E-state index contributed by atoms with van der Waals surface area (Å²) in [6, 6.07) is 0. The number of carbonyl (C=O) groups is 1. The molecule has 1 unspecified atom stereocenters. The van der Waals surface area contributed by atoms with Gasteiger partial charge in [-0.1, -0.05) is 5.16 Å². The number of rotatable bonds is 1. The average Bonchev–Trinajstić information content (AvgIpc) is 2.10. The first kappa shape index (κ1) is 7.21. The van der Waals surface area contributed by atoms with Gasteiger partial charge in [0.15, 0.2) is 5.78 Å². The van der Waals surface area contributed by atoms with E-state index in [1.54, 1.807) is 0 Å². The molecule has 0 radical (unpaired) electrons. The van der Waals surface area contributed by atoms with Crippen LogP contribution in [0.1, 0.15) is 20.3 Å². The number of hydrogen-bond donors (Lipinski definition) is 1. The lowest BCUT2D eigenvalue weighted by atomic mass is 10.1. The van der Waals surface area contributed by atoms with Gasteiger partial charge in [0.25, 0.3) is 0 Å². The first-order valence-corrected chi connectivity index (χ1v) is 3.00. The summed E-state index contributed by atoms with van der Waals surface area (Å²) in [6.45, 7) is 2.86. The van der Waals surface area contributed by atoms with Crippen molar-refractivity contribution in [1.82, 2.24) is 0 Å². The van der Waals surface area contributed by atoms with Crippen LogP contribution in [0.3, 0.4) is 0 Å². The van der Waals surface area contributed by atoms with Gasteiger partial charge >= 0.3 is 0 Å². The Morgan fingerprint density at radius 1 is 1.90 bits per heavy atom. The van der Waals surface area contributed by atoms with Gasteiger partial charge in [0.1, 0.15) is 5.71 Å². The van der Waals surface area contributed by atoms with Gasteiger partial charge < -0.3 is 9.94 Å². The van der Waals surface area contributed by atoms with E-state index in [0.717, 1.165) is 0 Å². The number of ketones is 1. The predicted octanol–water partition coefficient (Wildman–Crippen LogP) is 0.0602. The van der Waals surface area contributed by atoms with E-state index in [1.807, 2.05) is 0 Å². The molecule has 0 aromatic heterocycles. The Morgan fingerprint density at radius 3 is 2.70 bits per heavy atom. The molecule has 0 saturated carbocycles. The highest BCUT2D eigenvalue weighted by Gasteiger charge is 2.32. The van der Waals surface area contributed by atoms with Gasteiger partial charge in [-0.15, -0.1) is 0 Å². The molecule has 56 valence electrons. The summed E-state index contributed by atoms with van der Waals surface area (Å²) in [5.41, 5.74) is 0.296. The lowest BCUT2D eigenvalue weighted by molar-refractivity contribution is -0.170. The molecule has 10 heavy (non-hydrogen) atoms. The molecule has 4 heteroatoms. The normalized spacial score (nSPS) is 31.3. The molecule has 1 rings (SSSR count). The maximum absolute atomic E-state index is 10.6. The molecular weight excluding hydrogens is 134 g/mol. The summed E-state index contributed by atoms with van der Waals surface area (Å²) in [5.74, 6) is -1.43. The minimum Gasteiger partial charge on any atom is -0.360 e. The smallest absolute Gasteiger partial charge is 0.237 e. The molecule has 0 aromatic rings. The molecule has 0 saturated heterocycles. The van der Waals surface area contributed by atoms with E-state index >= 15 is 0 Å². The second-order valence-corrected chi connectivity index (χ2v) is 2.54. The molecule has 0 spiro atoms. The Balaban J connectivity index is 2.64. The summed E-state index contributed by atoms with van der Waals surface area (Å²) < 4.78 is 0. The molecule has 0 fully saturated rings. The van der Waals surface area contributed by atoms with Crippen LogP contribution in [0.4, 0.5) is 0 Å². The van der Waals surface area contributed by atoms with E-state index in [4.69, 9.17) is 5.11 Å². The number of carbonyl (C=O) groups excluding carboxylic acids is 1. The molecule has 1 aliphatic heterocycles. The third-order valence-electron chi connectivity index (χ3n) is 1.25. The highest BCUT2D eigenvalue weighted by molar-refractivity contribution is 6.39. The van der Waals surface area contributed by atoms with Gasteiger partial charge in [-0.2, -0.15) is 0 Å². The van der Waals surface area contributed by atoms with Crippen LogP contribution in [-0.2, 0) is 9.63 Å². The maximum atomic E-state index is 10.6. The SMILES string of the molecule is CC(=O)C1=NOC(C)(O)C1. The minimum absolute atomic E-state index is 0.155. The fourth-order valence-electron chi connectivity index (χ4n) is 0.717. The van der Waals surface area contributed by atoms with Crippen LogP contribution < -0.4 is 0 Å². The van der Waals surface area contributed by atoms with Crippen molar-refractivity contribution >= 4 is 11.5 Å². The van der Waals surface area contributed by atoms with Gasteiger partial charge in [0.05, 0.1) is 6.42 Å². The van der Waals surface area contributed by atoms with Crippen LogP contribution >= 0.6 is 0 Å². The summed E-state index contributed by atoms with van der Waals surface area (Å²) in [4.78, 5) is 15.1. The Morgan fingerprint density at radius 2 is 2.50 bits per heavy atom. The van der Waals surface area contributed by atoms with E-state index in [1.165, 1.54) is 13.8 Å². The van der Waals surface area contributed by atoms with E-state index in [0.29, 0.717) is 5.71 Å². The van der Waals surface area contributed by atoms with Gasteiger partial charge in [-0.05, 0) is 0 Å². The highest BCUT2D eigenvalue weighted by atomic mass is 16.7. The van der Waals surface area contributed by atoms with Gasteiger partial charge in [-0.3, -0.25) is 4.79 Å². The molecule has 4 nitrogen and oxygen atoms in total. The predicted molar refractivity (Wildman–Crippen MR) is 34.4 cm³/mol. The van der Waals surface area contributed by atoms with Crippen LogP contribution in [-0.4, -0.2) is 22.4 Å². The van der Waals surface area contributed by atoms with Crippen LogP contribution in [0.5, 0.6) is 0 Å². The van der Waals surface area contributed by atoms with Crippen molar-refractivity contribution in [3.05, 3.63) is 0 Å². The van der Waals surface area contributed by atoms with Crippen molar-refractivity contribution in [1.29, 1.82) is 0 Å². The first-order valence-electron chi connectivity index (χ1n) is 3.00. The standard InChI is InChI=1S/C6H9NO3/c1-4(8)5-3-6(2,9)10-7-5/h9H,3H2,1-2H3. The number of hydrogen-bond acceptors (Lipinski definition) is 4. The fourth-order valence-corrected chi connectivity index (χ4v) is 0.717. The zero-order valence-electron chi connectivity index (χ0n) is 5.92. The van der Waals surface area contributed by atoms with Crippen molar-refractivity contribution in [2.24, 2.45) is 5.16 Å². The van der Waals surface area contributed by atoms with Crippen LogP contribution in [0.2, 0.25) is 0 Å². The maximum Gasteiger partial charge on any atom is 0.237 e. The van der Waals surface area contributed by atoms with Crippen molar-refractivity contribution in [3.8, 4) is 0 Å². The number of nitrogens with zero attached hydrogens (tertiary/aromatic N) is 1. The first-order chi connectivity index (χ1) is 4.51. The summed E-state index contributed by atoms with van der Waals surface area (Å²) in [6.07, 6.45) is 0.183. The summed E-state index contributed by atoms with van der Waals surface area (Å²) in [7, 11) is 0. The summed E-state index contributed by atoms with van der Waals surface area (Å²) in [5, 5.41) is 12.5. The molecule has 1 N–H and O–H groups in total. The molecule has 1 heterocycles. The average molecular weight is 143 g/mol. The van der Waals surface area contributed by atoms with Gasteiger partial charge in [0, 0.05) is 13.8 Å². The summed E-state index contributed by atoms with van der Waals surface area (Å²) >= 11 is 0. The number of aliphatic hydroxyl groups is 1. The van der Waals surface area contributed by atoms with E-state index < -0.39 is 5.79 Å². The molecule has 0 bridgehead atoms. The molecule has 1 aliphatic rings. The third kappa shape index (κ3) is 1.33. The lowest BCUT2D eigenvalue weighted by Gasteiger charge is -2.11. The van der Waals surface area contributed by atoms with Crippen molar-refractivity contribution in [3.63, 3.8) is 0 Å². The molecule has 0 aromatic carbocycles. The Bertz CT molecular complexity index is 195. The zero-order valence-corrected chi connectivity index (χ0v) is 5.92. The molecule has 0 amide bonds. The van der Waals surface area contributed by atoms with Crippen molar-refractivity contribution in [2.75, 3.05) is 0 Å². The van der Waals surface area contributed by atoms with Crippen LogP contribution in [0.25, 0.3) is 0 Å². The quantitative estimate of drug-likeness (QED) is 0.564. The van der Waals surface area contributed by atoms with Crippen molar-refractivity contribution < 1.29 is 14.7 Å². The fraction of sp³-hybridized carbons (Fsp3) is 0.667. The van der Waals surface area contributed by atoms with Crippen LogP contribution in [0, 0.1) is 0 Å². The van der Waals surface area contributed by atoms with Crippen molar-refractivity contribution in [2.45, 2.75) is 26.1 Å². The third-order valence-corrected chi connectivity index (χ3v) is 1.25. The largest absolute Gasteiger partial charge is 0.360 e.